The van der Waals surface area contributed by atoms with E-state index in [1.165, 1.54) is 6.42 Å². The fourth-order valence-corrected chi connectivity index (χ4v) is 5.12. The number of piperidine rings is 1. The molecule has 2 rings (SSSR count). The normalized spacial score (nSPS) is 32.8. The van der Waals surface area contributed by atoms with Crippen molar-refractivity contribution in [1.82, 2.24) is 15.5 Å². The number of hydrogen-bond acceptors (Lipinski definition) is 4. The van der Waals surface area contributed by atoms with Crippen molar-refractivity contribution in [2.75, 3.05) is 37.7 Å². The molecular weight excluding hydrogens is 290 g/mol. The van der Waals surface area contributed by atoms with Gasteiger partial charge in [0.1, 0.15) is 0 Å². The summed E-state index contributed by atoms with van der Waals surface area (Å²) in [7, 11) is -2.94. The Morgan fingerprint density at radius 1 is 1.24 bits per heavy atom. The molecule has 2 aliphatic rings. The third kappa shape index (κ3) is 5.47. The number of rotatable bonds is 4. The van der Waals surface area contributed by atoms with E-state index in [1.54, 1.807) is 0 Å². The van der Waals surface area contributed by atoms with Crippen molar-refractivity contribution in [2.24, 2.45) is 11.8 Å². The molecule has 2 amide bonds. The van der Waals surface area contributed by atoms with Crippen LogP contribution in [0.2, 0.25) is 0 Å². The van der Waals surface area contributed by atoms with Crippen molar-refractivity contribution < 1.29 is 13.2 Å². The number of likely N-dealkylation sites (tertiary alicyclic amines) is 1. The van der Waals surface area contributed by atoms with Crippen LogP contribution in [-0.2, 0) is 9.84 Å². The molecule has 2 saturated heterocycles. The van der Waals surface area contributed by atoms with E-state index < -0.39 is 9.84 Å². The molecule has 7 heteroatoms. The number of carbonyl (C=O) groups is 1. The van der Waals surface area contributed by atoms with Gasteiger partial charge in [0.15, 0.2) is 9.84 Å². The van der Waals surface area contributed by atoms with Crippen LogP contribution in [0.5, 0.6) is 0 Å². The SMILES string of the molecule is C[C@@H]1C[C@@H](C)CN(CCNC(=O)N[C@H]2CCS(=O)(=O)C2)C1. The van der Waals surface area contributed by atoms with Crippen LogP contribution >= 0.6 is 0 Å². The monoisotopic (exact) mass is 317 g/mol. The minimum atomic E-state index is -2.94. The van der Waals surface area contributed by atoms with Crippen molar-refractivity contribution in [3.05, 3.63) is 0 Å². The van der Waals surface area contributed by atoms with Gasteiger partial charge in [-0.15, -0.1) is 0 Å². The van der Waals surface area contributed by atoms with Crippen molar-refractivity contribution in [3.63, 3.8) is 0 Å². The van der Waals surface area contributed by atoms with Crippen LogP contribution in [0.4, 0.5) is 4.79 Å². The van der Waals surface area contributed by atoms with Gasteiger partial charge in [-0.05, 0) is 24.7 Å². The number of hydrogen-bond donors (Lipinski definition) is 2. The Morgan fingerprint density at radius 2 is 1.90 bits per heavy atom. The van der Waals surface area contributed by atoms with Gasteiger partial charge >= 0.3 is 6.03 Å². The molecule has 2 heterocycles. The van der Waals surface area contributed by atoms with E-state index in [0.29, 0.717) is 24.8 Å². The molecular formula is C14H27N3O3S. The lowest BCUT2D eigenvalue weighted by molar-refractivity contribution is 0.142. The molecule has 3 atom stereocenters. The second-order valence-electron chi connectivity index (χ2n) is 6.71. The third-order valence-corrected chi connectivity index (χ3v) is 5.99. The molecule has 0 radical (unpaired) electrons. The molecule has 2 fully saturated rings. The summed E-state index contributed by atoms with van der Waals surface area (Å²) in [5, 5.41) is 5.57. The molecule has 21 heavy (non-hydrogen) atoms. The number of urea groups is 1. The van der Waals surface area contributed by atoms with E-state index in [2.05, 4.69) is 29.4 Å². The summed E-state index contributed by atoms with van der Waals surface area (Å²) in [5.74, 6) is 1.68. The molecule has 0 aromatic heterocycles. The molecule has 0 saturated carbocycles. The fraction of sp³-hybridized carbons (Fsp3) is 0.929. The van der Waals surface area contributed by atoms with Crippen LogP contribution in [0.25, 0.3) is 0 Å². The highest BCUT2D eigenvalue weighted by Gasteiger charge is 2.28. The Morgan fingerprint density at radius 3 is 2.48 bits per heavy atom. The highest BCUT2D eigenvalue weighted by atomic mass is 32.2. The number of carbonyl (C=O) groups excluding carboxylic acids is 1. The maximum atomic E-state index is 11.7. The van der Waals surface area contributed by atoms with Crippen LogP contribution in [0.1, 0.15) is 26.7 Å². The summed E-state index contributed by atoms with van der Waals surface area (Å²) in [6.07, 6.45) is 1.80. The van der Waals surface area contributed by atoms with Crippen molar-refractivity contribution in [2.45, 2.75) is 32.7 Å². The minimum Gasteiger partial charge on any atom is -0.337 e. The zero-order chi connectivity index (χ0) is 15.5. The Kier molecular flexibility index (Phi) is 5.48. The summed E-state index contributed by atoms with van der Waals surface area (Å²) in [6.45, 7) is 8.17. The third-order valence-electron chi connectivity index (χ3n) is 4.23. The van der Waals surface area contributed by atoms with Gasteiger partial charge in [0.25, 0.3) is 0 Å². The lowest BCUT2D eigenvalue weighted by atomic mass is 9.92. The average Bonchev–Trinajstić information content (AvgIpc) is 2.67. The van der Waals surface area contributed by atoms with Gasteiger partial charge in [0.05, 0.1) is 11.5 Å². The molecule has 0 spiro atoms. The van der Waals surface area contributed by atoms with Gasteiger partial charge in [-0.3, -0.25) is 0 Å². The van der Waals surface area contributed by atoms with Crippen LogP contribution in [0.15, 0.2) is 0 Å². The second-order valence-corrected chi connectivity index (χ2v) is 8.93. The first-order valence-electron chi connectivity index (χ1n) is 7.81. The summed E-state index contributed by atoms with van der Waals surface area (Å²) in [4.78, 5) is 14.1. The highest BCUT2D eigenvalue weighted by molar-refractivity contribution is 7.91. The first-order chi connectivity index (χ1) is 9.84. The van der Waals surface area contributed by atoms with E-state index in [4.69, 9.17) is 0 Å². The van der Waals surface area contributed by atoms with Crippen LogP contribution < -0.4 is 10.6 Å². The maximum Gasteiger partial charge on any atom is 0.315 e. The predicted molar refractivity (Wildman–Crippen MR) is 83.0 cm³/mol. The first-order valence-corrected chi connectivity index (χ1v) is 9.63. The van der Waals surface area contributed by atoms with Gasteiger partial charge in [0.2, 0.25) is 0 Å². The van der Waals surface area contributed by atoms with Crippen LogP contribution in [0, 0.1) is 11.8 Å². The largest absolute Gasteiger partial charge is 0.337 e. The smallest absolute Gasteiger partial charge is 0.315 e. The van der Waals surface area contributed by atoms with Crippen LogP contribution in [0.3, 0.4) is 0 Å². The van der Waals surface area contributed by atoms with Crippen molar-refractivity contribution in [3.8, 4) is 0 Å². The summed E-state index contributed by atoms with van der Waals surface area (Å²) < 4.78 is 22.7. The molecule has 2 N–H and O–H groups in total. The Bertz CT molecular complexity index is 456. The average molecular weight is 317 g/mol. The molecule has 0 bridgehead atoms. The number of sulfone groups is 1. The standard InChI is InChI=1S/C14H27N3O3S/c1-11-7-12(2)9-17(8-11)5-4-15-14(18)16-13-3-6-21(19,20)10-13/h11-13H,3-10H2,1-2H3,(H2,15,16,18)/t11-,12-,13+/m1/s1. The molecule has 0 aromatic rings. The predicted octanol–water partition coefficient (Wildman–Crippen LogP) is 0.451. The van der Waals surface area contributed by atoms with E-state index in [-0.39, 0.29) is 23.6 Å². The lowest BCUT2D eigenvalue weighted by Crippen LogP contribution is -2.47. The maximum absolute atomic E-state index is 11.7. The first kappa shape index (κ1) is 16.5. The highest BCUT2D eigenvalue weighted by Crippen LogP contribution is 2.20. The Labute approximate surface area is 127 Å². The summed E-state index contributed by atoms with van der Waals surface area (Å²) >= 11 is 0. The van der Waals surface area contributed by atoms with Gasteiger partial charge in [-0.1, -0.05) is 13.8 Å². The molecule has 0 aliphatic carbocycles. The van der Waals surface area contributed by atoms with E-state index in [0.717, 1.165) is 19.6 Å². The zero-order valence-electron chi connectivity index (χ0n) is 13.0. The van der Waals surface area contributed by atoms with Gasteiger partial charge in [0, 0.05) is 32.2 Å². The number of amides is 2. The Hall–Kier alpha value is -0.820. The van der Waals surface area contributed by atoms with Crippen LogP contribution in [-0.4, -0.2) is 63.1 Å². The minimum absolute atomic E-state index is 0.0710. The number of nitrogens with one attached hydrogen (secondary N) is 2. The molecule has 0 aromatic carbocycles. The molecule has 6 nitrogen and oxygen atoms in total. The van der Waals surface area contributed by atoms with Gasteiger partial charge in [-0.25, -0.2) is 13.2 Å². The summed E-state index contributed by atoms with van der Waals surface area (Å²) in [6, 6.07) is -0.486. The Balaban J connectivity index is 1.63. The van der Waals surface area contributed by atoms with E-state index in [9.17, 15) is 13.2 Å². The molecule has 0 unspecified atom stereocenters. The summed E-state index contributed by atoms with van der Waals surface area (Å²) in [5.41, 5.74) is 0. The van der Waals surface area contributed by atoms with Gasteiger partial charge in [-0.2, -0.15) is 0 Å². The van der Waals surface area contributed by atoms with Gasteiger partial charge < -0.3 is 15.5 Å². The van der Waals surface area contributed by atoms with Crippen molar-refractivity contribution >= 4 is 15.9 Å². The lowest BCUT2D eigenvalue weighted by Gasteiger charge is -2.34. The van der Waals surface area contributed by atoms with Crippen molar-refractivity contribution in [1.29, 1.82) is 0 Å². The number of nitrogens with zero attached hydrogens (tertiary/aromatic N) is 1. The fourth-order valence-electron chi connectivity index (χ4n) is 3.45. The van der Waals surface area contributed by atoms with E-state index in [1.807, 2.05) is 0 Å². The quantitative estimate of drug-likeness (QED) is 0.789. The molecule has 2 aliphatic heterocycles. The topological polar surface area (TPSA) is 78.5 Å². The second kappa shape index (κ2) is 6.96. The van der Waals surface area contributed by atoms with E-state index >= 15 is 0 Å². The zero-order valence-corrected chi connectivity index (χ0v) is 13.8. The molecule has 122 valence electrons.